The summed E-state index contributed by atoms with van der Waals surface area (Å²) in [6.07, 6.45) is 12.2. The monoisotopic (exact) mass is 985 g/mol. The molecule has 21 heteroatoms. The largest absolute Gasteiger partial charge is 0.445 e. The lowest BCUT2D eigenvalue weighted by atomic mass is 9.94. The van der Waals surface area contributed by atoms with Crippen molar-refractivity contribution in [1.82, 2.24) is 55.3 Å². The number of carbonyl (C=O) groups is 7. The van der Waals surface area contributed by atoms with E-state index in [1.165, 1.54) is 18.5 Å². The molecule has 72 heavy (non-hydrogen) atoms. The van der Waals surface area contributed by atoms with Gasteiger partial charge in [-0.2, -0.15) is 5.10 Å². The lowest BCUT2D eigenvalue weighted by molar-refractivity contribution is -0.137. The Morgan fingerprint density at radius 3 is 2.38 bits per heavy atom. The fourth-order valence-electron chi connectivity index (χ4n) is 8.78. The molecule has 5 aromatic rings. The topological polar surface area (TPSA) is 281 Å². The van der Waals surface area contributed by atoms with E-state index in [9.17, 15) is 33.6 Å². The molecule has 7 rings (SSSR count). The number of nitrogens with two attached hydrogens (primary N) is 1. The molecule has 1 aliphatic carbocycles. The summed E-state index contributed by atoms with van der Waals surface area (Å²) in [5.41, 5.74) is 10.8. The highest BCUT2D eigenvalue weighted by atomic mass is 16.6. The third kappa shape index (κ3) is 14.1. The first-order valence-corrected chi connectivity index (χ1v) is 24.5. The molecule has 5 heterocycles. The Balaban J connectivity index is 0.966. The van der Waals surface area contributed by atoms with Crippen LogP contribution in [0.5, 0.6) is 0 Å². The lowest BCUT2D eigenvalue weighted by Gasteiger charge is -2.33. The van der Waals surface area contributed by atoms with Gasteiger partial charge in [-0.15, -0.1) is 0 Å². The second-order valence-electron chi connectivity index (χ2n) is 18.5. The number of primary amides is 1. The average Bonchev–Trinajstić information content (AvgIpc) is 4.11. The van der Waals surface area contributed by atoms with Gasteiger partial charge in [-0.25, -0.2) is 24.1 Å². The van der Waals surface area contributed by atoms with Crippen molar-refractivity contribution in [3.8, 4) is 22.6 Å². The van der Waals surface area contributed by atoms with E-state index in [2.05, 4.69) is 36.3 Å². The zero-order chi connectivity index (χ0) is 51.1. The molecule has 21 nitrogen and oxygen atoms in total. The van der Waals surface area contributed by atoms with Crippen molar-refractivity contribution in [1.29, 1.82) is 0 Å². The summed E-state index contributed by atoms with van der Waals surface area (Å²) in [6, 6.07) is 13.6. The summed E-state index contributed by atoms with van der Waals surface area (Å²) >= 11 is 0. The van der Waals surface area contributed by atoms with Crippen LogP contribution in [0.1, 0.15) is 102 Å². The summed E-state index contributed by atoms with van der Waals surface area (Å²) < 4.78 is 7.65. The number of ether oxygens (including phenoxy) is 1. The van der Waals surface area contributed by atoms with Crippen LogP contribution in [-0.2, 0) is 41.9 Å². The second kappa shape index (κ2) is 24.7. The first-order valence-electron chi connectivity index (χ1n) is 24.5. The molecule has 0 bridgehead atoms. The highest BCUT2D eigenvalue weighted by Gasteiger charge is 2.31. The highest BCUT2D eigenvalue weighted by molar-refractivity contribution is 6.12. The van der Waals surface area contributed by atoms with Gasteiger partial charge in [0.25, 0.3) is 11.8 Å². The van der Waals surface area contributed by atoms with Crippen LogP contribution in [0.2, 0.25) is 0 Å². The minimum atomic E-state index is -1.05. The standard InChI is InChI=1S/C51H63N13O8/c1-32(2)45(61-42(65)17-8-5-9-27-62-43(66)24-25-44(62)67)49(69)58-39(16-11-26-53-50(52)70)48(68)57-36-21-18-34(19-22-36)30-72-51(71)63(37-13-6-4-7-14-37)29-40-59-46(35-20-23-41-54-31-55-64(41)28-35)47(60-40)38-15-10-12-33(3)56-38/h10,12,15,18-25,28,31-32,37,39,45H,4-9,11,13-14,16-17,26-27,29-30H2,1-3H3,(H,57,68)(H,58,69)(H,59,60)(H,61,65)(H3,52,53,70)/t39-,45?/m0/s1. The van der Waals surface area contributed by atoms with E-state index < -0.39 is 36.0 Å². The molecule has 1 saturated carbocycles. The van der Waals surface area contributed by atoms with E-state index in [0.717, 1.165) is 54.0 Å². The molecule has 7 N–H and O–H groups in total. The van der Waals surface area contributed by atoms with Crippen LogP contribution in [-0.4, -0.2) is 112 Å². The number of aromatic amines is 1. The molecule has 1 aromatic carbocycles. The van der Waals surface area contributed by atoms with Crippen molar-refractivity contribution in [3.63, 3.8) is 0 Å². The molecule has 2 aliphatic rings. The minimum Gasteiger partial charge on any atom is -0.445 e. The van der Waals surface area contributed by atoms with Crippen LogP contribution < -0.4 is 27.0 Å². The van der Waals surface area contributed by atoms with Gasteiger partial charge in [0.15, 0.2) is 5.65 Å². The van der Waals surface area contributed by atoms with Gasteiger partial charge in [-0.3, -0.25) is 38.8 Å². The number of imidazole rings is 1. The zero-order valence-corrected chi connectivity index (χ0v) is 40.9. The van der Waals surface area contributed by atoms with Gasteiger partial charge in [0.05, 0.1) is 17.9 Å². The normalized spacial score (nSPS) is 14.6. The Hall–Kier alpha value is -7.97. The van der Waals surface area contributed by atoms with Crippen LogP contribution in [0.4, 0.5) is 15.3 Å². The Kier molecular flexibility index (Phi) is 17.8. The predicted octanol–water partition coefficient (Wildman–Crippen LogP) is 5.46. The Labute approximate surface area is 417 Å². The molecule has 0 saturated heterocycles. The fraction of sp³-hybridized carbons (Fsp3) is 0.431. The Morgan fingerprint density at radius 1 is 0.889 bits per heavy atom. The predicted molar refractivity (Wildman–Crippen MR) is 266 cm³/mol. The van der Waals surface area contributed by atoms with Crippen molar-refractivity contribution in [2.24, 2.45) is 11.7 Å². The molecule has 1 fully saturated rings. The van der Waals surface area contributed by atoms with Crippen molar-refractivity contribution in [3.05, 3.63) is 96.4 Å². The number of nitrogens with one attached hydrogen (secondary N) is 5. The molecule has 0 spiro atoms. The van der Waals surface area contributed by atoms with E-state index in [1.54, 1.807) is 47.5 Å². The fourth-order valence-corrected chi connectivity index (χ4v) is 8.78. The van der Waals surface area contributed by atoms with E-state index in [4.69, 9.17) is 20.4 Å². The van der Waals surface area contributed by atoms with Gasteiger partial charge < -0.3 is 36.7 Å². The number of hydrogen-bond acceptors (Lipinski definition) is 12. The number of imide groups is 1. The Bertz CT molecular complexity index is 2740. The molecule has 1 aliphatic heterocycles. The first-order chi connectivity index (χ1) is 34.7. The minimum absolute atomic E-state index is 0.0394. The van der Waals surface area contributed by atoms with E-state index in [-0.39, 0.29) is 68.8 Å². The molecular formula is C51H63N13O8. The summed E-state index contributed by atoms with van der Waals surface area (Å²) in [5.74, 6) is -1.89. The first kappa shape index (κ1) is 51.9. The van der Waals surface area contributed by atoms with Crippen molar-refractivity contribution < 1.29 is 38.3 Å². The number of unbranched alkanes of at least 4 members (excludes halogenated alkanes) is 2. The molecular weight excluding hydrogens is 923 g/mol. The maximum absolute atomic E-state index is 14.1. The maximum atomic E-state index is 14.1. The van der Waals surface area contributed by atoms with Gasteiger partial charge in [0.1, 0.15) is 36.5 Å². The molecule has 8 amide bonds. The van der Waals surface area contributed by atoms with Gasteiger partial charge in [-0.1, -0.05) is 57.7 Å². The highest BCUT2D eigenvalue weighted by Crippen LogP contribution is 2.31. The van der Waals surface area contributed by atoms with E-state index >= 15 is 0 Å². The number of aryl methyl sites for hydroxylation is 1. The van der Waals surface area contributed by atoms with Gasteiger partial charge in [0, 0.05) is 60.8 Å². The van der Waals surface area contributed by atoms with E-state index in [1.807, 2.05) is 43.5 Å². The molecule has 380 valence electrons. The maximum Gasteiger partial charge on any atom is 0.410 e. The van der Waals surface area contributed by atoms with Gasteiger partial charge in [0.2, 0.25) is 17.7 Å². The van der Waals surface area contributed by atoms with Crippen molar-refractivity contribution >= 4 is 53.0 Å². The third-order valence-corrected chi connectivity index (χ3v) is 12.7. The number of aromatic nitrogens is 6. The number of H-pyrrole nitrogens is 1. The average molecular weight is 986 g/mol. The van der Waals surface area contributed by atoms with E-state index in [0.29, 0.717) is 59.8 Å². The number of nitrogens with zero attached hydrogens (tertiary/aromatic N) is 7. The molecule has 2 atom stereocenters. The SMILES string of the molecule is Cc1cccc(-c2nc(CN(C(=O)OCc3ccc(NC(=O)[C@H](CCCNC(N)=O)NC(=O)C(NC(=O)CCCCCN4C(=O)C=CC4=O)C(C)C)cc3)C3CCCCC3)[nH]c2-c2ccc3ncnn3c2)n1. The van der Waals surface area contributed by atoms with Crippen LogP contribution >= 0.6 is 0 Å². The number of rotatable bonds is 23. The zero-order valence-electron chi connectivity index (χ0n) is 40.9. The van der Waals surface area contributed by atoms with Crippen molar-refractivity contribution in [2.45, 2.75) is 123 Å². The van der Waals surface area contributed by atoms with Gasteiger partial charge >= 0.3 is 12.1 Å². The number of benzene rings is 1. The smallest absolute Gasteiger partial charge is 0.410 e. The summed E-state index contributed by atoms with van der Waals surface area (Å²) in [5, 5.41) is 15.2. The summed E-state index contributed by atoms with van der Waals surface area (Å²) in [7, 11) is 0. The van der Waals surface area contributed by atoms with Gasteiger partial charge in [-0.05, 0) is 93.3 Å². The lowest BCUT2D eigenvalue weighted by Crippen LogP contribution is -2.54. The number of pyridine rings is 2. The number of carbonyl (C=O) groups excluding carboxylic acids is 7. The number of anilines is 1. The molecule has 1 unspecified atom stereocenters. The second-order valence-corrected chi connectivity index (χ2v) is 18.5. The number of urea groups is 1. The number of hydrogen-bond donors (Lipinski definition) is 6. The summed E-state index contributed by atoms with van der Waals surface area (Å²) in [4.78, 5) is 110. The quantitative estimate of drug-likeness (QED) is 0.0352. The molecule has 0 radical (unpaired) electrons. The van der Waals surface area contributed by atoms with Crippen LogP contribution in [0.25, 0.3) is 28.3 Å². The Morgan fingerprint density at radius 2 is 1.65 bits per heavy atom. The summed E-state index contributed by atoms with van der Waals surface area (Å²) in [6.45, 7) is 6.03. The van der Waals surface area contributed by atoms with Crippen molar-refractivity contribution in [2.75, 3.05) is 18.4 Å². The third-order valence-electron chi connectivity index (χ3n) is 12.7. The number of fused-ring (bicyclic) bond motifs is 1. The van der Waals surface area contributed by atoms with Crippen LogP contribution in [0, 0.1) is 12.8 Å². The van der Waals surface area contributed by atoms with Crippen LogP contribution in [0.3, 0.4) is 0 Å². The number of amides is 8. The van der Waals surface area contributed by atoms with Crippen LogP contribution in [0.15, 0.2) is 79.3 Å². The molecule has 4 aromatic heterocycles.